The second-order valence-corrected chi connectivity index (χ2v) is 4.35. The molecule has 0 heterocycles. The van der Waals surface area contributed by atoms with Gasteiger partial charge in [0.25, 0.3) is 0 Å². The third-order valence-corrected chi connectivity index (χ3v) is 2.66. The van der Waals surface area contributed by atoms with Gasteiger partial charge in [-0.25, -0.2) is 0 Å². The maximum absolute atomic E-state index is 11.3. The van der Waals surface area contributed by atoms with Crippen molar-refractivity contribution < 1.29 is 19.0 Å². The summed E-state index contributed by atoms with van der Waals surface area (Å²) in [6, 6.07) is 5.55. The maximum atomic E-state index is 11.3. The molecule has 0 saturated carbocycles. The van der Waals surface area contributed by atoms with Crippen molar-refractivity contribution >= 4 is 11.7 Å². The molecule has 1 aromatic carbocycles. The van der Waals surface area contributed by atoms with Gasteiger partial charge in [-0.3, -0.25) is 4.79 Å². The maximum Gasteiger partial charge on any atom is 0.307 e. The van der Waals surface area contributed by atoms with Crippen molar-refractivity contribution in [2.45, 2.75) is 33.2 Å². The number of anilines is 1. The second-order valence-electron chi connectivity index (χ2n) is 4.35. The number of carbonyl (C=O) groups excluding carboxylic acids is 1. The van der Waals surface area contributed by atoms with Crippen LogP contribution in [0, 0.1) is 0 Å². The summed E-state index contributed by atoms with van der Waals surface area (Å²) in [5, 5.41) is 3.25. The van der Waals surface area contributed by atoms with Gasteiger partial charge in [0.1, 0.15) is 11.5 Å². The first-order chi connectivity index (χ1) is 9.60. The number of benzene rings is 1. The van der Waals surface area contributed by atoms with Gasteiger partial charge < -0.3 is 19.5 Å². The van der Waals surface area contributed by atoms with E-state index >= 15 is 0 Å². The molecule has 0 aliphatic carbocycles. The smallest absolute Gasteiger partial charge is 0.307 e. The number of hydrogen-bond donors (Lipinski definition) is 1. The van der Waals surface area contributed by atoms with Crippen LogP contribution in [0.25, 0.3) is 0 Å². The monoisotopic (exact) mass is 281 g/mol. The highest BCUT2D eigenvalue weighted by Gasteiger charge is 2.12. The summed E-state index contributed by atoms with van der Waals surface area (Å²) in [6.45, 7) is 6.96. The predicted molar refractivity (Wildman–Crippen MR) is 78.5 cm³/mol. The lowest BCUT2D eigenvalue weighted by Gasteiger charge is -2.18. The molecule has 0 spiro atoms. The molecule has 1 aromatic rings. The quantitative estimate of drug-likeness (QED) is 0.743. The van der Waals surface area contributed by atoms with E-state index in [1.54, 1.807) is 0 Å². The lowest BCUT2D eigenvalue weighted by molar-refractivity contribution is -0.140. The molecule has 1 atom stereocenters. The van der Waals surface area contributed by atoms with Crippen molar-refractivity contribution in [3.8, 4) is 11.5 Å². The van der Waals surface area contributed by atoms with Crippen LogP contribution in [0.2, 0.25) is 0 Å². The number of rotatable bonds is 8. The van der Waals surface area contributed by atoms with Crippen molar-refractivity contribution in [2.75, 3.05) is 25.6 Å². The second kappa shape index (κ2) is 8.30. The fraction of sp³-hybridized carbons (Fsp3) is 0.533. The normalized spacial score (nSPS) is 11.6. The van der Waals surface area contributed by atoms with Gasteiger partial charge in [0.15, 0.2) is 0 Å². The molecule has 0 radical (unpaired) electrons. The molecule has 0 aliphatic heterocycles. The summed E-state index contributed by atoms with van der Waals surface area (Å²) < 4.78 is 15.7. The van der Waals surface area contributed by atoms with E-state index in [4.69, 9.17) is 9.47 Å². The first kappa shape index (κ1) is 16.1. The van der Waals surface area contributed by atoms with Gasteiger partial charge in [-0.2, -0.15) is 0 Å². The van der Waals surface area contributed by atoms with Crippen LogP contribution in [0.1, 0.15) is 27.2 Å². The molecule has 0 bridgehead atoms. The molecule has 112 valence electrons. The average molecular weight is 281 g/mol. The summed E-state index contributed by atoms with van der Waals surface area (Å²) in [5.74, 6) is 1.26. The number of ether oxygens (including phenoxy) is 3. The molecule has 0 aromatic heterocycles. The topological polar surface area (TPSA) is 56.8 Å². The SMILES string of the molecule is CCOc1ccc(OCC)c(NC(C)CC(=O)OC)c1. The zero-order valence-electron chi connectivity index (χ0n) is 12.6. The molecule has 5 heteroatoms. The summed E-state index contributed by atoms with van der Waals surface area (Å²) >= 11 is 0. The Hall–Kier alpha value is -1.91. The number of esters is 1. The Morgan fingerprint density at radius 3 is 2.55 bits per heavy atom. The van der Waals surface area contributed by atoms with E-state index in [9.17, 15) is 4.79 Å². The molecular formula is C15H23NO4. The minimum Gasteiger partial charge on any atom is -0.494 e. The van der Waals surface area contributed by atoms with Crippen LogP contribution in [-0.2, 0) is 9.53 Å². The van der Waals surface area contributed by atoms with Crippen LogP contribution < -0.4 is 14.8 Å². The molecule has 1 rings (SSSR count). The number of methoxy groups -OCH3 is 1. The fourth-order valence-corrected chi connectivity index (χ4v) is 1.81. The Morgan fingerprint density at radius 2 is 1.95 bits per heavy atom. The van der Waals surface area contributed by atoms with Crippen molar-refractivity contribution in [1.29, 1.82) is 0 Å². The number of nitrogens with one attached hydrogen (secondary N) is 1. The highest BCUT2D eigenvalue weighted by molar-refractivity contribution is 5.71. The van der Waals surface area contributed by atoms with Crippen LogP contribution >= 0.6 is 0 Å². The Morgan fingerprint density at radius 1 is 1.25 bits per heavy atom. The van der Waals surface area contributed by atoms with E-state index in [-0.39, 0.29) is 12.0 Å². The van der Waals surface area contributed by atoms with Gasteiger partial charge in [-0.15, -0.1) is 0 Å². The Labute approximate surface area is 120 Å². The van der Waals surface area contributed by atoms with Gasteiger partial charge in [-0.1, -0.05) is 0 Å². The molecule has 1 unspecified atom stereocenters. The summed E-state index contributed by atoms with van der Waals surface area (Å²) in [6.07, 6.45) is 0.293. The molecule has 0 fully saturated rings. The van der Waals surface area contributed by atoms with Gasteiger partial charge >= 0.3 is 5.97 Å². The fourth-order valence-electron chi connectivity index (χ4n) is 1.81. The summed E-state index contributed by atoms with van der Waals surface area (Å²) in [4.78, 5) is 11.3. The van der Waals surface area contributed by atoms with Crippen molar-refractivity contribution in [3.63, 3.8) is 0 Å². The zero-order valence-corrected chi connectivity index (χ0v) is 12.6. The van der Waals surface area contributed by atoms with E-state index < -0.39 is 0 Å². The lowest BCUT2D eigenvalue weighted by atomic mass is 10.2. The molecule has 20 heavy (non-hydrogen) atoms. The van der Waals surface area contributed by atoms with Crippen molar-refractivity contribution in [2.24, 2.45) is 0 Å². The molecule has 1 N–H and O–H groups in total. The number of carbonyl (C=O) groups is 1. The third-order valence-electron chi connectivity index (χ3n) is 2.66. The molecular weight excluding hydrogens is 258 g/mol. The Kier molecular flexibility index (Phi) is 6.70. The Bertz CT molecular complexity index is 434. The van der Waals surface area contributed by atoms with Crippen LogP contribution in [-0.4, -0.2) is 32.3 Å². The van der Waals surface area contributed by atoms with E-state index in [2.05, 4.69) is 10.1 Å². The van der Waals surface area contributed by atoms with E-state index in [1.807, 2.05) is 39.0 Å². The van der Waals surface area contributed by atoms with Crippen LogP contribution in [0.3, 0.4) is 0 Å². The molecule has 0 amide bonds. The van der Waals surface area contributed by atoms with Gasteiger partial charge in [-0.05, 0) is 32.9 Å². The van der Waals surface area contributed by atoms with E-state index in [1.165, 1.54) is 7.11 Å². The Balaban J connectivity index is 2.82. The average Bonchev–Trinajstić information content (AvgIpc) is 2.42. The van der Waals surface area contributed by atoms with Gasteiger partial charge in [0.2, 0.25) is 0 Å². The summed E-state index contributed by atoms with van der Waals surface area (Å²) in [7, 11) is 1.39. The molecule has 5 nitrogen and oxygen atoms in total. The first-order valence-electron chi connectivity index (χ1n) is 6.83. The summed E-state index contributed by atoms with van der Waals surface area (Å²) in [5.41, 5.74) is 0.814. The lowest BCUT2D eigenvalue weighted by Crippen LogP contribution is -2.20. The zero-order chi connectivity index (χ0) is 15.0. The van der Waals surface area contributed by atoms with Crippen LogP contribution in [0.4, 0.5) is 5.69 Å². The highest BCUT2D eigenvalue weighted by atomic mass is 16.5. The van der Waals surface area contributed by atoms with Crippen molar-refractivity contribution in [3.05, 3.63) is 18.2 Å². The minimum atomic E-state index is -0.246. The van der Waals surface area contributed by atoms with Crippen LogP contribution in [0.5, 0.6) is 11.5 Å². The van der Waals surface area contributed by atoms with E-state index in [0.717, 1.165) is 17.2 Å². The standard InChI is InChI=1S/C15H23NO4/c1-5-19-12-7-8-14(20-6-2)13(10-12)16-11(3)9-15(17)18-4/h7-8,10-11,16H,5-6,9H2,1-4H3. The minimum absolute atomic E-state index is 0.0569. The van der Waals surface area contributed by atoms with Crippen molar-refractivity contribution in [1.82, 2.24) is 0 Å². The first-order valence-corrected chi connectivity index (χ1v) is 6.83. The largest absolute Gasteiger partial charge is 0.494 e. The third kappa shape index (κ3) is 4.99. The van der Waals surface area contributed by atoms with Gasteiger partial charge in [0.05, 0.1) is 32.4 Å². The number of hydrogen-bond acceptors (Lipinski definition) is 5. The van der Waals surface area contributed by atoms with Crippen LogP contribution in [0.15, 0.2) is 18.2 Å². The molecule has 0 aliphatic rings. The highest BCUT2D eigenvalue weighted by Crippen LogP contribution is 2.30. The molecule has 0 saturated heterocycles. The predicted octanol–water partition coefficient (Wildman–Crippen LogP) is 2.85. The van der Waals surface area contributed by atoms with E-state index in [0.29, 0.717) is 19.6 Å². The van der Waals surface area contributed by atoms with Gasteiger partial charge in [0, 0.05) is 12.1 Å².